The average molecular weight is 228 g/mol. The van der Waals surface area contributed by atoms with Crippen molar-refractivity contribution in [2.75, 3.05) is 12.1 Å². The summed E-state index contributed by atoms with van der Waals surface area (Å²) in [5.41, 5.74) is 1.97. The van der Waals surface area contributed by atoms with Crippen LogP contribution in [0.15, 0.2) is 6.20 Å². The summed E-state index contributed by atoms with van der Waals surface area (Å²) in [6.45, 7) is 0.00832. The maximum Gasteiger partial charge on any atom is 0.356 e. The number of carbonyl (C=O) groups is 1. The number of hydrogen-bond donors (Lipinski definition) is 2. The van der Waals surface area contributed by atoms with Gasteiger partial charge in [-0.1, -0.05) is 17.5 Å². The molecule has 0 spiro atoms. The molecule has 0 aromatic carbocycles. The van der Waals surface area contributed by atoms with Gasteiger partial charge in [-0.2, -0.15) is 0 Å². The highest BCUT2D eigenvalue weighted by Crippen LogP contribution is 2.13. The van der Waals surface area contributed by atoms with E-state index in [4.69, 9.17) is 28.0 Å². The first-order valence-corrected chi connectivity index (χ1v) is 4.10. The summed E-state index contributed by atoms with van der Waals surface area (Å²) in [4.78, 5) is 22.6. The number of hydrogen-bond acceptors (Lipinski definition) is 5. The lowest BCUT2D eigenvalue weighted by atomic mass is 10.4. The molecule has 6 nitrogen and oxygen atoms in total. The number of nitrogens with zero attached hydrogens (tertiary/aromatic N) is 2. The van der Waals surface area contributed by atoms with Gasteiger partial charge >= 0.3 is 5.97 Å². The molecule has 0 aliphatic carbocycles. The van der Waals surface area contributed by atoms with E-state index in [0.717, 1.165) is 6.20 Å². The van der Waals surface area contributed by atoms with Crippen LogP contribution in [-0.2, 0) is 4.84 Å². The topological polar surface area (TPSA) is 84.3 Å². The number of carboxylic acids is 1. The van der Waals surface area contributed by atoms with Crippen LogP contribution in [0.4, 0.5) is 5.95 Å². The first-order chi connectivity index (χ1) is 7.15. The standard InChI is InChI=1S/C8H6ClN3O3/c1-2-3-15-12-8-10-4-5(9)6(11-8)7(13)14/h1,4H,3H2,(H,13,14)(H,10,11,12). The second-order valence-corrected chi connectivity index (χ2v) is 2.70. The monoisotopic (exact) mass is 227 g/mol. The van der Waals surface area contributed by atoms with Gasteiger partial charge in [0.1, 0.15) is 6.61 Å². The molecule has 0 saturated carbocycles. The third kappa shape index (κ3) is 3.09. The van der Waals surface area contributed by atoms with Gasteiger partial charge in [0, 0.05) is 0 Å². The summed E-state index contributed by atoms with van der Waals surface area (Å²) in [5, 5.41) is 8.64. The zero-order chi connectivity index (χ0) is 11.3. The maximum absolute atomic E-state index is 10.6. The molecule has 1 aromatic rings. The second-order valence-electron chi connectivity index (χ2n) is 2.29. The van der Waals surface area contributed by atoms with Crippen LogP contribution in [-0.4, -0.2) is 27.7 Å². The van der Waals surface area contributed by atoms with E-state index in [1.807, 2.05) is 0 Å². The summed E-state index contributed by atoms with van der Waals surface area (Å²) >= 11 is 5.55. The van der Waals surface area contributed by atoms with Crippen molar-refractivity contribution in [3.63, 3.8) is 0 Å². The molecular weight excluding hydrogens is 222 g/mol. The van der Waals surface area contributed by atoms with Crippen LogP contribution in [0.1, 0.15) is 10.5 Å². The Balaban J connectivity index is 2.79. The zero-order valence-corrected chi connectivity index (χ0v) is 8.15. The first-order valence-electron chi connectivity index (χ1n) is 3.72. The molecule has 1 rings (SSSR count). The van der Waals surface area contributed by atoms with Gasteiger partial charge in [-0.25, -0.2) is 20.2 Å². The van der Waals surface area contributed by atoms with E-state index in [9.17, 15) is 4.79 Å². The van der Waals surface area contributed by atoms with E-state index < -0.39 is 5.97 Å². The van der Waals surface area contributed by atoms with Crippen LogP contribution in [0.2, 0.25) is 5.02 Å². The molecular formula is C8H6ClN3O3. The number of nitrogens with one attached hydrogen (secondary N) is 1. The normalized spacial score (nSPS) is 9.33. The van der Waals surface area contributed by atoms with Gasteiger partial charge in [-0.15, -0.1) is 6.42 Å². The number of aromatic nitrogens is 2. The highest BCUT2D eigenvalue weighted by atomic mass is 35.5. The smallest absolute Gasteiger partial charge is 0.356 e. The number of carboxylic acid groups (broad SMARTS) is 1. The van der Waals surface area contributed by atoms with Crippen LogP contribution in [0.3, 0.4) is 0 Å². The third-order valence-electron chi connectivity index (χ3n) is 1.27. The quantitative estimate of drug-likeness (QED) is 0.450. The molecule has 0 unspecified atom stereocenters. The van der Waals surface area contributed by atoms with Crippen molar-refractivity contribution in [3.05, 3.63) is 16.9 Å². The van der Waals surface area contributed by atoms with Crippen LogP contribution in [0.5, 0.6) is 0 Å². The second kappa shape index (κ2) is 5.14. The summed E-state index contributed by atoms with van der Waals surface area (Å²) in [6, 6.07) is 0. The van der Waals surface area contributed by atoms with Crippen molar-refractivity contribution in [2.45, 2.75) is 0 Å². The molecule has 0 saturated heterocycles. The zero-order valence-electron chi connectivity index (χ0n) is 7.40. The van der Waals surface area contributed by atoms with E-state index in [2.05, 4.69) is 21.4 Å². The molecule has 1 aromatic heterocycles. The molecule has 2 N–H and O–H groups in total. The summed E-state index contributed by atoms with van der Waals surface area (Å²) in [6.07, 6.45) is 6.08. The highest BCUT2D eigenvalue weighted by molar-refractivity contribution is 6.33. The fraction of sp³-hybridized carbons (Fsp3) is 0.125. The van der Waals surface area contributed by atoms with Crippen molar-refractivity contribution in [3.8, 4) is 12.3 Å². The lowest BCUT2D eigenvalue weighted by Gasteiger charge is -2.03. The van der Waals surface area contributed by atoms with Crippen molar-refractivity contribution in [1.82, 2.24) is 9.97 Å². The van der Waals surface area contributed by atoms with Crippen molar-refractivity contribution in [2.24, 2.45) is 0 Å². The Morgan fingerprint density at radius 3 is 3.13 bits per heavy atom. The molecule has 0 amide bonds. The Kier molecular flexibility index (Phi) is 3.85. The van der Waals surface area contributed by atoms with Crippen LogP contribution in [0, 0.1) is 12.3 Å². The molecule has 1 heterocycles. The lowest BCUT2D eigenvalue weighted by Crippen LogP contribution is -2.09. The fourth-order valence-corrected chi connectivity index (χ4v) is 0.880. The number of terminal acetylenes is 1. The number of rotatable bonds is 4. The average Bonchev–Trinajstić information content (AvgIpc) is 2.20. The van der Waals surface area contributed by atoms with Crippen LogP contribution in [0.25, 0.3) is 0 Å². The molecule has 0 aliphatic rings. The SMILES string of the molecule is C#CCONc1ncc(Cl)c(C(=O)O)n1. The van der Waals surface area contributed by atoms with Gasteiger partial charge in [0.2, 0.25) is 5.95 Å². The van der Waals surface area contributed by atoms with E-state index >= 15 is 0 Å². The minimum absolute atomic E-state index is 0.00832. The van der Waals surface area contributed by atoms with Crippen molar-refractivity contribution < 1.29 is 14.7 Å². The minimum Gasteiger partial charge on any atom is -0.476 e. The van der Waals surface area contributed by atoms with Crippen molar-refractivity contribution >= 4 is 23.5 Å². The molecule has 0 fully saturated rings. The number of halogens is 1. The Morgan fingerprint density at radius 2 is 2.53 bits per heavy atom. The summed E-state index contributed by atoms with van der Waals surface area (Å²) < 4.78 is 0. The van der Waals surface area contributed by atoms with Crippen LogP contribution < -0.4 is 5.48 Å². The van der Waals surface area contributed by atoms with Gasteiger partial charge in [-0.05, 0) is 0 Å². The highest BCUT2D eigenvalue weighted by Gasteiger charge is 2.12. The summed E-state index contributed by atoms with van der Waals surface area (Å²) in [7, 11) is 0. The Hall–Kier alpha value is -1.84. The first kappa shape index (κ1) is 11.2. The molecule has 7 heteroatoms. The maximum atomic E-state index is 10.6. The molecule has 0 radical (unpaired) electrons. The largest absolute Gasteiger partial charge is 0.476 e. The van der Waals surface area contributed by atoms with Gasteiger partial charge in [0.05, 0.1) is 11.2 Å². The predicted octanol–water partition coefficient (Wildman–Crippen LogP) is 0.805. The Bertz CT molecular complexity index is 416. The Morgan fingerprint density at radius 1 is 1.80 bits per heavy atom. The number of anilines is 1. The van der Waals surface area contributed by atoms with E-state index in [1.165, 1.54) is 0 Å². The molecule has 15 heavy (non-hydrogen) atoms. The van der Waals surface area contributed by atoms with Crippen molar-refractivity contribution in [1.29, 1.82) is 0 Å². The van der Waals surface area contributed by atoms with Gasteiger partial charge in [0.25, 0.3) is 0 Å². The van der Waals surface area contributed by atoms with E-state index in [-0.39, 0.29) is 23.3 Å². The van der Waals surface area contributed by atoms with E-state index in [1.54, 1.807) is 0 Å². The number of aromatic carboxylic acids is 1. The molecule has 0 aliphatic heterocycles. The summed E-state index contributed by atoms with van der Waals surface area (Å²) in [5.74, 6) is 0.935. The van der Waals surface area contributed by atoms with E-state index in [0.29, 0.717) is 0 Å². The lowest BCUT2D eigenvalue weighted by molar-refractivity contribution is 0.0690. The Labute approximate surface area is 90.2 Å². The molecule has 0 bridgehead atoms. The minimum atomic E-state index is -1.25. The fourth-order valence-electron chi connectivity index (χ4n) is 0.709. The molecule has 0 atom stereocenters. The van der Waals surface area contributed by atoms with Gasteiger partial charge in [0.15, 0.2) is 5.69 Å². The van der Waals surface area contributed by atoms with Gasteiger partial charge < -0.3 is 5.11 Å². The molecule has 78 valence electrons. The third-order valence-corrected chi connectivity index (χ3v) is 1.54. The van der Waals surface area contributed by atoms with Crippen LogP contribution >= 0.6 is 11.6 Å². The predicted molar refractivity (Wildman–Crippen MR) is 52.4 cm³/mol. The van der Waals surface area contributed by atoms with Gasteiger partial charge in [-0.3, -0.25) is 4.84 Å².